The molecule has 2 heterocycles. The Balaban J connectivity index is 1.87. The third-order valence-electron chi connectivity index (χ3n) is 3.77. The van der Waals surface area contributed by atoms with E-state index in [2.05, 4.69) is 25.9 Å². The van der Waals surface area contributed by atoms with Crippen molar-refractivity contribution in [2.75, 3.05) is 0 Å². The van der Waals surface area contributed by atoms with Crippen LogP contribution >= 0.6 is 0 Å². The Morgan fingerprint density at radius 2 is 2.21 bits per heavy atom. The van der Waals surface area contributed by atoms with Gasteiger partial charge in [-0.05, 0) is 41.1 Å². The lowest BCUT2D eigenvalue weighted by Gasteiger charge is -2.18. The molecule has 0 aliphatic carbocycles. The number of hydrogen-bond acceptors (Lipinski definition) is 6. The predicted octanol–water partition coefficient (Wildman–Crippen LogP) is 0.982. The second-order valence-corrected chi connectivity index (χ2v) is 5.27. The van der Waals surface area contributed by atoms with Crippen molar-refractivity contribution in [2.24, 2.45) is 7.05 Å². The predicted molar refractivity (Wildman–Crippen MR) is 84.5 cm³/mol. The first kappa shape index (κ1) is 15.7. The van der Waals surface area contributed by atoms with Crippen LogP contribution in [0.15, 0.2) is 36.8 Å². The van der Waals surface area contributed by atoms with Gasteiger partial charge in [-0.25, -0.2) is 4.68 Å². The number of amides is 1. The van der Waals surface area contributed by atoms with Gasteiger partial charge in [0.1, 0.15) is 12.1 Å². The van der Waals surface area contributed by atoms with Gasteiger partial charge in [0.15, 0.2) is 0 Å². The van der Waals surface area contributed by atoms with Crippen LogP contribution in [0.25, 0.3) is 5.69 Å². The molecule has 0 aliphatic rings. The number of nitrogens with one attached hydrogen (secondary N) is 1. The van der Waals surface area contributed by atoms with E-state index in [0.717, 1.165) is 5.69 Å². The number of nitrogens with zero attached hydrogens (tertiary/aromatic N) is 6. The van der Waals surface area contributed by atoms with Gasteiger partial charge in [-0.15, -0.1) is 5.10 Å². The van der Waals surface area contributed by atoms with Gasteiger partial charge in [-0.1, -0.05) is 6.92 Å². The van der Waals surface area contributed by atoms with E-state index in [0.29, 0.717) is 12.1 Å². The van der Waals surface area contributed by atoms with Gasteiger partial charge in [0.2, 0.25) is 0 Å². The molecule has 0 fully saturated rings. The minimum atomic E-state index is -0.379. The third-order valence-corrected chi connectivity index (χ3v) is 3.77. The fourth-order valence-electron chi connectivity index (χ4n) is 2.48. The van der Waals surface area contributed by atoms with Crippen molar-refractivity contribution in [2.45, 2.75) is 19.4 Å². The standard InChI is InChI=1S/C15H17N7O2/c1-3-12(13-6-7-17-21(13)2)18-15(24)11-8-10(4-5-14(11)23)22-9-16-19-20-22/h4-9,12,23H,3H2,1-2H3,(H,18,24). The number of tetrazole rings is 1. The maximum atomic E-state index is 12.6. The molecule has 1 amide bonds. The monoisotopic (exact) mass is 327 g/mol. The van der Waals surface area contributed by atoms with Gasteiger partial charge in [0, 0.05) is 13.2 Å². The highest BCUT2D eigenvalue weighted by Gasteiger charge is 2.19. The lowest BCUT2D eigenvalue weighted by molar-refractivity contribution is 0.0931. The normalized spacial score (nSPS) is 12.1. The van der Waals surface area contributed by atoms with Crippen molar-refractivity contribution >= 4 is 5.91 Å². The zero-order chi connectivity index (χ0) is 17.1. The van der Waals surface area contributed by atoms with Gasteiger partial charge in [0.25, 0.3) is 5.91 Å². The number of aromatic hydroxyl groups is 1. The number of carbonyl (C=O) groups is 1. The van der Waals surface area contributed by atoms with Crippen molar-refractivity contribution in [1.29, 1.82) is 0 Å². The Hall–Kier alpha value is -3.23. The summed E-state index contributed by atoms with van der Waals surface area (Å²) in [6, 6.07) is 6.25. The van der Waals surface area contributed by atoms with E-state index >= 15 is 0 Å². The molecule has 0 spiro atoms. The molecule has 3 aromatic rings. The van der Waals surface area contributed by atoms with Crippen LogP contribution in [-0.2, 0) is 7.05 Å². The maximum absolute atomic E-state index is 12.6. The number of phenolic OH excluding ortho intramolecular Hbond substituents is 1. The summed E-state index contributed by atoms with van der Waals surface area (Å²) in [4.78, 5) is 12.6. The largest absolute Gasteiger partial charge is 0.507 e. The molecule has 0 bridgehead atoms. The quantitative estimate of drug-likeness (QED) is 0.723. The number of benzene rings is 1. The van der Waals surface area contributed by atoms with E-state index < -0.39 is 0 Å². The molecule has 0 aliphatic heterocycles. The molecule has 0 radical (unpaired) electrons. The Bertz CT molecular complexity index is 841. The molecule has 1 atom stereocenters. The van der Waals surface area contributed by atoms with Gasteiger partial charge >= 0.3 is 0 Å². The average molecular weight is 327 g/mol. The molecule has 1 unspecified atom stereocenters. The minimum Gasteiger partial charge on any atom is -0.507 e. The number of rotatable bonds is 5. The summed E-state index contributed by atoms with van der Waals surface area (Å²) >= 11 is 0. The summed E-state index contributed by atoms with van der Waals surface area (Å²) in [5.41, 5.74) is 1.63. The Morgan fingerprint density at radius 3 is 2.83 bits per heavy atom. The highest BCUT2D eigenvalue weighted by Crippen LogP contribution is 2.22. The molecule has 9 nitrogen and oxygen atoms in total. The van der Waals surface area contributed by atoms with Gasteiger partial charge in [-0.3, -0.25) is 9.48 Å². The number of aryl methyl sites for hydroxylation is 1. The first-order chi connectivity index (χ1) is 11.6. The smallest absolute Gasteiger partial charge is 0.255 e. The summed E-state index contributed by atoms with van der Waals surface area (Å²) in [7, 11) is 1.82. The summed E-state index contributed by atoms with van der Waals surface area (Å²) < 4.78 is 3.13. The molecule has 0 saturated carbocycles. The van der Waals surface area contributed by atoms with E-state index in [9.17, 15) is 9.90 Å². The maximum Gasteiger partial charge on any atom is 0.255 e. The first-order valence-electron chi connectivity index (χ1n) is 7.45. The Labute approximate surface area is 137 Å². The van der Waals surface area contributed by atoms with E-state index in [-0.39, 0.29) is 23.3 Å². The Morgan fingerprint density at radius 1 is 1.38 bits per heavy atom. The second-order valence-electron chi connectivity index (χ2n) is 5.27. The van der Waals surface area contributed by atoms with Gasteiger partial charge in [0.05, 0.1) is 23.0 Å². The summed E-state index contributed by atoms with van der Waals surface area (Å²) in [5.74, 6) is -0.486. The first-order valence-corrected chi connectivity index (χ1v) is 7.45. The van der Waals surface area contributed by atoms with E-state index in [1.165, 1.54) is 23.1 Å². The number of phenols is 1. The molecule has 24 heavy (non-hydrogen) atoms. The molecule has 9 heteroatoms. The van der Waals surface area contributed by atoms with Gasteiger partial charge < -0.3 is 10.4 Å². The van der Waals surface area contributed by atoms with Crippen LogP contribution in [-0.4, -0.2) is 41.0 Å². The highest BCUT2D eigenvalue weighted by molar-refractivity contribution is 5.97. The number of hydrogen-bond donors (Lipinski definition) is 2. The Kier molecular flexibility index (Phi) is 4.23. The van der Waals surface area contributed by atoms with Crippen molar-refractivity contribution in [3.63, 3.8) is 0 Å². The number of aromatic nitrogens is 6. The molecule has 3 rings (SSSR count). The van der Waals surface area contributed by atoms with Crippen LogP contribution < -0.4 is 5.32 Å². The summed E-state index contributed by atoms with van der Waals surface area (Å²) in [6.45, 7) is 1.97. The van der Waals surface area contributed by atoms with Crippen LogP contribution in [0.1, 0.15) is 35.4 Å². The topological polar surface area (TPSA) is 111 Å². The van der Waals surface area contributed by atoms with E-state index in [1.807, 2.05) is 20.0 Å². The zero-order valence-corrected chi connectivity index (χ0v) is 13.3. The van der Waals surface area contributed by atoms with Crippen molar-refractivity contribution in [3.8, 4) is 11.4 Å². The van der Waals surface area contributed by atoms with Crippen LogP contribution in [0.4, 0.5) is 0 Å². The van der Waals surface area contributed by atoms with E-state index in [4.69, 9.17) is 0 Å². The molecular formula is C15H17N7O2. The van der Waals surface area contributed by atoms with Crippen molar-refractivity contribution in [3.05, 3.63) is 48.0 Å². The molecule has 2 N–H and O–H groups in total. The average Bonchev–Trinajstić information content (AvgIpc) is 3.24. The lowest BCUT2D eigenvalue weighted by atomic mass is 10.1. The minimum absolute atomic E-state index is 0.107. The SMILES string of the molecule is CCC(NC(=O)c1cc(-n2cnnn2)ccc1O)c1ccnn1C. The van der Waals surface area contributed by atoms with E-state index in [1.54, 1.807) is 16.9 Å². The van der Waals surface area contributed by atoms with Crippen LogP contribution in [0, 0.1) is 0 Å². The van der Waals surface area contributed by atoms with Crippen LogP contribution in [0.5, 0.6) is 5.75 Å². The summed E-state index contributed by atoms with van der Waals surface area (Å²) in [5, 5.41) is 28.0. The van der Waals surface area contributed by atoms with Crippen molar-refractivity contribution in [1.82, 2.24) is 35.3 Å². The third kappa shape index (κ3) is 2.96. The fourth-order valence-corrected chi connectivity index (χ4v) is 2.48. The lowest BCUT2D eigenvalue weighted by Crippen LogP contribution is -2.29. The summed E-state index contributed by atoms with van der Waals surface area (Å²) in [6.07, 6.45) is 3.79. The molecule has 2 aromatic heterocycles. The second kappa shape index (κ2) is 6.49. The molecule has 124 valence electrons. The highest BCUT2D eigenvalue weighted by atomic mass is 16.3. The van der Waals surface area contributed by atoms with Crippen LogP contribution in [0.3, 0.4) is 0 Å². The zero-order valence-electron chi connectivity index (χ0n) is 13.3. The molecule has 1 aromatic carbocycles. The molecular weight excluding hydrogens is 310 g/mol. The van der Waals surface area contributed by atoms with Gasteiger partial charge in [-0.2, -0.15) is 5.10 Å². The van der Waals surface area contributed by atoms with Crippen LogP contribution in [0.2, 0.25) is 0 Å². The number of carbonyl (C=O) groups excluding carboxylic acids is 1. The molecule has 0 saturated heterocycles. The fraction of sp³-hybridized carbons (Fsp3) is 0.267. The van der Waals surface area contributed by atoms with Crippen molar-refractivity contribution < 1.29 is 9.90 Å².